The van der Waals surface area contributed by atoms with Gasteiger partial charge in [-0.05, 0) is 38.5 Å². The molecule has 0 bridgehead atoms. The maximum Gasteiger partial charge on any atom is 0.220 e. The van der Waals surface area contributed by atoms with Crippen molar-refractivity contribution in [1.29, 1.82) is 0 Å². The van der Waals surface area contributed by atoms with Crippen LogP contribution < -0.4 is 5.32 Å². The lowest BCUT2D eigenvalue weighted by Gasteiger charge is -2.46. The van der Waals surface area contributed by atoms with Crippen molar-refractivity contribution >= 4 is 5.91 Å². The van der Waals surface area contributed by atoms with E-state index in [4.69, 9.17) is 18.9 Å². The average molecular weight is 862 g/mol. The highest BCUT2D eigenvalue weighted by molar-refractivity contribution is 5.76. The Morgan fingerprint density at radius 3 is 1.62 bits per heavy atom. The van der Waals surface area contributed by atoms with Crippen molar-refractivity contribution in [1.82, 2.24) is 5.32 Å². The highest BCUT2D eigenvalue weighted by Gasteiger charge is 2.51. The van der Waals surface area contributed by atoms with Crippen molar-refractivity contribution in [3.8, 4) is 0 Å². The maximum absolute atomic E-state index is 13.1. The molecule has 0 aromatic rings. The predicted molar refractivity (Wildman–Crippen MR) is 231 cm³/mol. The number of unbranched alkanes of at least 4 members (excludes halogenated alkanes) is 21. The zero-order chi connectivity index (χ0) is 44.0. The minimum Gasteiger partial charge on any atom is -0.394 e. The van der Waals surface area contributed by atoms with Gasteiger partial charge in [-0.2, -0.15) is 0 Å². The Balaban J connectivity index is 1.87. The van der Waals surface area contributed by atoms with E-state index < -0.39 is 86.8 Å². The molecule has 12 atom stereocenters. The van der Waals surface area contributed by atoms with E-state index in [0.29, 0.717) is 19.3 Å². The van der Waals surface area contributed by atoms with Gasteiger partial charge in [0.25, 0.3) is 0 Å². The van der Waals surface area contributed by atoms with Crippen LogP contribution in [0.1, 0.15) is 181 Å². The Morgan fingerprint density at radius 2 is 1.05 bits per heavy atom. The summed E-state index contributed by atoms with van der Waals surface area (Å²) in [7, 11) is 0. The van der Waals surface area contributed by atoms with Crippen LogP contribution in [0.5, 0.6) is 0 Å². The fourth-order valence-corrected chi connectivity index (χ4v) is 7.99. The van der Waals surface area contributed by atoms with Crippen molar-refractivity contribution in [2.75, 3.05) is 19.8 Å². The Kier molecular flexibility index (Phi) is 31.3. The molecule has 60 heavy (non-hydrogen) atoms. The molecule has 2 aliphatic rings. The van der Waals surface area contributed by atoms with Gasteiger partial charge in [0.15, 0.2) is 12.6 Å². The van der Waals surface area contributed by atoms with Gasteiger partial charge in [0.05, 0.1) is 32.0 Å². The van der Waals surface area contributed by atoms with E-state index in [0.717, 1.165) is 64.2 Å². The molecule has 1 amide bonds. The Hall–Kier alpha value is -1.27. The van der Waals surface area contributed by atoms with Gasteiger partial charge in [-0.1, -0.05) is 148 Å². The number of rotatable bonds is 36. The normalized spacial score (nSPS) is 28.3. The van der Waals surface area contributed by atoms with Crippen LogP contribution in [0.3, 0.4) is 0 Å². The number of aliphatic hydroxyl groups is 8. The highest BCUT2D eigenvalue weighted by Crippen LogP contribution is 2.30. The van der Waals surface area contributed by atoms with E-state index in [9.17, 15) is 45.6 Å². The fraction of sp³-hybridized carbons (Fsp3) is 0.935. The maximum atomic E-state index is 13.1. The van der Waals surface area contributed by atoms with E-state index in [1.165, 1.54) is 83.5 Å². The molecular weight excluding hydrogens is 774 g/mol. The molecule has 0 aromatic carbocycles. The molecule has 0 spiro atoms. The van der Waals surface area contributed by atoms with Crippen LogP contribution in [-0.4, -0.2) is 140 Å². The zero-order valence-corrected chi connectivity index (χ0v) is 37.2. The Bertz CT molecular complexity index is 1070. The van der Waals surface area contributed by atoms with Crippen molar-refractivity contribution in [3.05, 3.63) is 12.2 Å². The lowest BCUT2D eigenvalue weighted by atomic mass is 9.97. The summed E-state index contributed by atoms with van der Waals surface area (Å²) < 4.78 is 22.7. The third kappa shape index (κ3) is 21.9. The molecule has 0 aromatic heterocycles. The van der Waals surface area contributed by atoms with Gasteiger partial charge in [0, 0.05) is 6.42 Å². The molecular formula is C46H87NO13. The fourth-order valence-electron chi connectivity index (χ4n) is 7.99. The van der Waals surface area contributed by atoms with Crippen LogP contribution >= 0.6 is 0 Å². The first-order valence-electron chi connectivity index (χ1n) is 23.9. The van der Waals surface area contributed by atoms with Crippen molar-refractivity contribution < 1.29 is 64.6 Å². The Labute approximate surface area is 361 Å². The van der Waals surface area contributed by atoms with Crippen LogP contribution in [0.4, 0.5) is 0 Å². The molecule has 2 saturated heterocycles. The molecule has 0 saturated carbocycles. The molecule has 2 aliphatic heterocycles. The summed E-state index contributed by atoms with van der Waals surface area (Å²) in [6.07, 6.45) is 16.4. The molecule has 354 valence electrons. The van der Waals surface area contributed by atoms with E-state index in [1.54, 1.807) is 0 Å². The van der Waals surface area contributed by atoms with Crippen LogP contribution in [-0.2, 0) is 23.7 Å². The molecule has 0 radical (unpaired) electrons. The molecule has 12 unspecified atom stereocenters. The number of nitrogens with one attached hydrogen (secondary N) is 1. The van der Waals surface area contributed by atoms with Crippen LogP contribution in [0.15, 0.2) is 12.2 Å². The van der Waals surface area contributed by atoms with Crippen LogP contribution in [0.2, 0.25) is 0 Å². The van der Waals surface area contributed by atoms with Crippen molar-refractivity contribution in [2.45, 2.75) is 254 Å². The summed E-state index contributed by atoms with van der Waals surface area (Å²) in [5, 5.41) is 86.7. The largest absolute Gasteiger partial charge is 0.394 e. The number of allylic oxidation sites excluding steroid dienone is 2. The first kappa shape index (κ1) is 54.9. The van der Waals surface area contributed by atoms with E-state index >= 15 is 0 Å². The van der Waals surface area contributed by atoms with Gasteiger partial charge in [0.1, 0.15) is 48.8 Å². The summed E-state index contributed by atoms with van der Waals surface area (Å²) in [5.41, 5.74) is 0. The van der Waals surface area contributed by atoms with Crippen LogP contribution in [0.25, 0.3) is 0 Å². The Morgan fingerprint density at radius 1 is 0.583 bits per heavy atom. The van der Waals surface area contributed by atoms with Gasteiger partial charge < -0.3 is 65.1 Å². The van der Waals surface area contributed by atoms with Gasteiger partial charge in [-0.3, -0.25) is 4.79 Å². The highest BCUT2D eigenvalue weighted by atomic mass is 16.7. The lowest BCUT2D eigenvalue weighted by molar-refractivity contribution is -0.359. The monoisotopic (exact) mass is 862 g/mol. The van der Waals surface area contributed by atoms with Gasteiger partial charge in [0.2, 0.25) is 5.91 Å². The standard InChI is InChI=1S/C46H87NO13/c1-3-5-7-9-11-13-15-17-18-19-21-23-25-27-29-35(50)34(47-38(51)30-28-26-24-22-20-16-14-12-10-8-6-4-2)33-57-45-43(56)41(54)44(37(32-49)59-45)60-46-42(55)40(53)39(52)36(31-48)58-46/h12,14,34-37,39-46,48-50,52-56H,3-11,13,15-33H2,1-2H3,(H,47,51)/b14-12-. The summed E-state index contributed by atoms with van der Waals surface area (Å²) in [4.78, 5) is 13.1. The van der Waals surface area contributed by atoms with E-state index in [2.05, 4.69) is 31.3 Å². The topological polar surface area (TPSA) is 228 Å². The zero-order valence-electron chi connectivity index (χ0n) is 37.2. The minimum absolute atomic E-state index is 0.218. The third-order valence-electron chi connectivity index (χ3n) is 12.0. The average Bonchev–Trinajstić information content (AvgIpc) is 3.24. The number of amides is 1. The number of carbonyl (C=O) groups excluding carboxylic acids is 1. The van der Waals surface area contributed by atoms with E-state index in [-0.39, 0.29) is 12.5 Å². The number of ether oxygens (including phenoxy) is 4. The molecule has 14 heteroatoms. The molecule has 2 rings (SSSR count). The van der Waals surface area contributed by atoms with Crippen LogP contribution in [0, 0.1) is 0 Å². The third-order valence-corrected chi connectivity index (χ3v) is 12.0. The molecule has 9 N–H and O–H groups in total. The lowest BCUT2D eigenvalue weighted by Crippen LogP contribution is -2.65. The smallest absolute Gasteiger partial charge is 0.220 e. The molecule has 2 fully saturated rings. The number of hydrogen-bond donors (Lipinski definition) is 9. The number of aliphatic hydroxyl groups excluding tert-OH is 8. The van der Waals surface area contributed by atoms with E-state index in [1.807, 2.05) is 0 Å². The minimum atomic E-state index is -1.78. The first-order valence-corrected chi connectivity index (χ1v) is 23.9. The second kappa shape index (κ2) is 34.2. The quantitative estimate of drug-likeness (QED) is 0.0292. The number of hydrogen-bond acceptors (Lipinski definition) is 13. The summed E-state index contributed by atoms with van der Waals surface area (Å²) >= 11 is 0. The van der Waals surface area contributed by atoms with Gasteiger partial charge in [-0.15, -0.1) is 0 Å². The van der Waals surface area contributed by atoms with Crippen molar-refractivity contribution in [2.24, 2.45) is 0 Å². The summed E-state index contributed by atoms with van der Waals surface area (Å²) in [6, 6.07) is -0.827. The van der Waals surface area contributed by atoms with Gasteiger partial charge in [-0.25, -0.2) is 0 Å². The summed E-state index contributed by atoms with van der Waals surface area (Å²) in [6.45, 7) is 2.80. The SMILES string of the molecule is CCCCC/C=C\CCCCCCCC(=O)NC(COC1OC(CO)C(OC2OC(CO)C(O)C(O)C2O)C(O)C1O)C(O)CCCCCCCCCCCCCCCC. The first-order chi connectivity index (χ1) is 29.1. The second-order valence-electron chi connectivity index (χ2n) is 17.2. The molecule has 2 heterocycles. The van der Waals surface area contributed by atoms with Gasteiger partial charge >= 0.3 is 0 Å². The molecule has 14 nitrogen and oxygen atoms in total. The second-order valence-corrected chi connectivity index (χ2v) is 17.2. The number of carbonyl (C=O) groups is 1. The summed E-state index contributed by atoms with van der Waals surface area (Å²) in [5.74, 6) is -0.218. The molecule has 0 aliphatic carbocycles. The van der Waals surface area contributed by atoms with Crippen molar-refractivity contribution in [3.63, 3.8) is 0 Å². The predicted octanol–water partition coefficient (Wildman–Crippen LogP) is 5.21.